The SMILES string of the molecule is CCc1ccc(COc2cc(Cl)c(-c3nn(C)c(OC(F)F)c3Cl)cn2)c(OC(=O)C(C)C)c1. The van der Waals surface area contributed by atoms with E-state index in [1.807, 2.05) is 25.1 Å². The van der Waals surface area contributed by atoms with Crippen LogP contribution in [-0.2, 0) is 24.9 Å². The monoisotopic (exact) mass is 513 g/mol. The maximum absolute atomic E-state index is 12.6. The van der Waals surface area contributed by atoms with Crippen LogP contribution in [0.2, 0.25) is 10.0 Å². The zero-order chi connectivity index (χ0) is 25.0. The van der Waals surface area contributed by atoms with Crippen LogP contribution in [0.1, 0.15) is 31.9 Å². The molecule has 3 rings (SSSR count). The Labute approximate surface area is 205 Å². The number of pyridine rings is 1. The van der Waals surface area contributed by atoms with Crippen LogP contribution in [-0.4, -0.2) is 27.3 Å². The summed E-state index contributed by atoms with van der Waals surface area (Å²) in [5, 5.41) is 4.18. The maximum Gasteiger partial charge on any atom is 0.388 e. The zero-order valence-corrected chi connectivity index (χ0v) is 20.5. The Balaban J connectivity index is 1.81. The quantitative estimate of drug-likeness (QED) is 0.254. The first-order valence-corrected chi connectivity index (χ1v) is 11.2. The Morgan fingerprint density at radius 2 is 1.94 bits per heavy atom. The number of ether oxygens (including phenoxy) is 3. The van der Waals surface area contributed by atoms with Gasteiger partial charge < -0.3 is 14.2 Å². The summed E-state index contributed by atoms with van der Waals surface area (Å²) in [6, 6.07) is 7.02. The Bertz CT molecular complexity index is 1190. The number of benzene rings is 1. The zero-order valence-electron chi connectivity index (χ0n) is 18.9. The largest absolute Gasteiger partial charge is 0.473 e. The van der Waals surface area contributed by atoms with Crippen LogP contribution >= 0.6 is 23.2 Å². The van der Waals surface area contributed by atoms with Gasteiger partial charge in [0, 0.05) is 30.4 Å². The summed E-state index contributed by atoms with van der Waals surface area (Å²) in [6.07, 6.45) is 2.16. The number of nitrogens with zero attached hydrogens (tertiary/aromatic N) is 3. The van der Waals surface area contributed by atoms with E-state index in [1.165, 1.54) is 19.3 Å². The number of hydrogen-bond donors (Lipinski definition) is 0. The molecule has 0 amide bonds. The van der Waals surface area contributed by atoms with Gasteiger partial charge in [-0.25, -0.2) is 9.67 Å². The lowest BCUT2D eigenvalue weighted by atomic mass is 10.1. The fourth-order valence-electron chi connectivity index (χ4n) is 2.94. The van der Waals surface area contributed by atoms with Crippen molar-refractivity contribution in [2.24, 2.45) is 13.0 Å². The van der Waals surface area contributed by atoms with E-state index in [-0.39, 0.29) is 46.0 Å². The third-order valence-corrected chi connectivity index (χ3v) is 5.47. The number of alkyl halides is 2. The van der Waals surface area contributed by atoms with Crippen LogP contribution in [0.4, 0.5) is 8.78 Å². The first-order chi connectivity index (χ1) is 16.1. The molecule has 0 saturated heterocycles. The van der Waals surface area contributed by atoms with E-state index in [1.54, 1.807) is 13.8 Å². The smallest absolute Gasteiger partial charge is 0.388 e. The van der Waals surface area contributed by atoms with Crippen molar-refractivity contribution < 1.29 is 27.8 Å². The lowest BCUT2D eigenvalue weighted by Crippen LogP contribution is -2.16. The molecule has 0 aliphatic heterocycles. The minimum absolute atomic E-state index is 0.0735. The van der Waals surface area contributed by atoms with Crippen molar-refractivity contribution >= 4 is 29.2 Å². The van der Waals surface area contributed by atoms with Crippen molar-refractivity contribution in [2.75, 3.05) is 0 Å². The molecule has 0 N–H and O–H groups in total. The first-order valence-electron chi connectivity index (χ1n) is 10.4. The Kier molecular flexibility index (Phi) is 8.33. The third kappa shape index (κ3) is 5.95. The number of halogens is 4. The molecule has 0 atom stereocenters. The summed E-state index contributed by atoms with van der Waals surface area (Å²) in [6.45, 7) is 2.53. The second-order valence-electron chi connectivity index (χ2n) is 7.63. The van der Waals surface area contributed by atoms with Crippen LogP contribution in [0, 0.1) is 5.92 Å². The molecule has 0 fully saturated rings. The van der Waals surface area contributed by atoms with Crippen molar-refractivity contribution in [3.8, 4) is 28.8 Å². The average molecular weight is 514 g/mol. The number of carbonyl (C=O) groups excluding carboxylic acids is 1. The van der Waals surface area contributed by atoms with E-state index < -0.39 is 6.61 Å². The molecule has 3 aromatic rings. The lowest BCUT2D eigenvalue weighted by Gasteiger charge is -2.14. The van der Waals surface area contributed by atoms with Crippen molar-refractivity contribution in [3.05, 3.63) is 51.6 Å². The molecule has 2 heterocycles. The van der Waals surface area contributed by atoms with E-state index in [4.69, 9.17) is 32.7 Å². The maximum atomic E-state index is 12.6. The van der Waals surface area contributed by atoms with Crippen LogP contribution < -0.4 is 14.2 Å². The molecule has 0 bridgehead atoms. The fraction of sp³-hybridized carbons (Fsp3) is 0.348. The molecule has 0 unspecified atom stereocenters. The molecule has 0 radical (unpaired) electrons. The van der Waals surface area contributed by atoms with E-state index in [9.17, 15) is 13.6 Å². The minimum Gasteiger partial charge on any atom is -0.473 e. The van der Waals surface area contributed by atoms with Crippen LogP contribution in [0.15, 0.2) is 30.5 Å². The molecule has 0 spiro atoms. The number of carbonyl (C=O) groups is 1. The summed E-state index contributed by atoms with van der Waals surface area (Å²) in [7, 11) is 1.42. The molecule has 1 aromatic carbocycles. The van der Waals surface area contributed by atoms with Crippen molar-refractivity contribution in [1.82, 2.24) is 14.8 Å². The van der Waals surface area contributed by atoms with Gasteiger partial charge in [0.05, 0.1) is 10.9 Å². The summed E-state index contributed by atoms with van der Waals surface area (Å²) in [5.41, 5.74) is 2.14. The standard InChI is InChI=1S/C23H23Cl2F2N3O4/c1-5-13-6-7-14(17(8-13)33-22(31)12(2)3)11-32-18-9-16(24)15(10-28-18)20-19(25)21(30(4)29-20)34-23(26)27/h6-10,12,23H,5,11H2,1-4H3. The van der Waals surface area contributed by atoms with Gasteiger partial charge in [-0.3, -0.25) is 4.79 Å². The van der Waals surface area contributed by atoms with Crippen LogP contribution in [0.5, 0.6) is 17.5 Å². The number of aryl methyl sites for hydroxylation is 2. The fourth-order valence-corrected chi connectivity index (χ4v) is 3.48. The molecule has 182 valence electrons. The lowest BCUT2D eigenvalue weighted by molar-refractivity contribution is -0.137. The summed E-state index contributed by atoms with van der Waals surface area (Å²) in [4.78, 5) is 16.3. The number of esters is 1. The Morgan fingerprint density at radius 3 is 2.56 bits per heavy atom. The predicted molar refractivity (Wildman–Crippen MR) is 124 cm³/mol. The normalized spacial score (nSPS) is 11.2. The van der Waals surface area contributed by atoms with Crippen molar-refractivity contribution in [1.29, 1.82) is 0 Å². The number of rotatable bonds is 9. The van der Waals surface area contributed by atoms with Crippen LogP contribution in [0.3, 0.4) is 0 Å². The molecule has 34 heavy (non-hydrogen) atoms. The summed E-state index contributed by atoms with van der Waals surface area (Å²) >= 11 is 12.5. The van der Waals surface area contributed by atoms with Gasteiger partial charge in [-0.15, -0.1) is 0 Å². The highest BCUT2D eigenvalue weighted by Gasteiger charge is 2.22. The van der Waals surface area contributed by atoms with E-state index in [2.05, 4.69) is 14.8 Å². The van der Waals surface area contributed by atoms with Gasteiger partial charge in [-0.2, -0.15) is 13.9 Å². The number of hydrogen-bond acceptors (Lipinski definition) is 6. The molecule has 2 aromatic heterocycles. The molecule has 0 aliphatic rings. The highest BCUT2D eigenvalue weighted by Crippen LogP contribution is 2.39. The van der Waals surface area contributed by atoms with Crippen LogP contribution in [0.25, 0.3) is 11.3 Å². The topological polar surface area (TPSA) is 75.5 Å². The van der Waals surface area contributed by atoms with Gasteiger partial charge in [0.15, 0.2) is 0 Å². The van der Waals surface area contributed by atoms with Gasteiger partial charge in [-0.05, 0) is 18.1 Å². The molecular formula is C23H23Cl2F2N3O4. The summed E-state index contributed by atoms with van der Waals surface area (Å²) < 4.78 is 42.0. The second-order valence-corrected chi connectivity index (χ2v) is 8.42. The van der Waals surface area contributed by atoms with Gasteiger partial charge >= 0.3 is 12.6 Å². The third-order valence-electron chi connectivity index (χ3n) is 4.82. The molecule has 0 aliphatic carbocycles. The highest BCUT2D eigenvalue weighted by atomic mass is 35.5. The van der Waals surface area contributed by atoms with E-state index in [0.29, 0.717) is 16.9 Å². The van der Waals surface area contributed by atoms with Gasteiger partial charge in [0.2, 0.25) is 11.8 Å². The Morgan fingerprint density at radius 1 is 1.21 bits per heavy atom. The highest BCUT2D eigenvalue weighted by molar-refractivity contribution is 6.37. The van der Waals surface area contributed by atoms with Crippen molar-refractivity contribution in [3.63, 3.8) is 0 Å². The number of aromatic nitrogens is 3. The second kappa shape index (κ2) is 11.0. The molecular weight excluding hydrogens is 491 g/mol. The average Bonchev–Trinajstić information content (AvgIpc) is 3.05. The van der Waals surface area contributed by atoms with E-state index in [0.717, 1.165) is 16.7 Å². The van der Waals surface area contributed by atoms with E-state index >= 15 is 0 Å². The Hall–Kier alpha value is -2.91. The molecule has 7 nitrogen and oxygen atoms in total. The van der Waals surface area contributed by atoms with Gasteiger partial charge in [0.25, 0.3) is 0 Å². The minimum atomic E-state index is -3.05. The van der Waals surface area contributed by atoms with Gasteiger partial charge in [0.1, 0.15) is 23.1 Å². The molecule has 0 saturated carbocycles. The molecule has 11 heteroatoms. The predicted octanol–water partition coefficient (Wildman–Crippen LogP) is 6.09. The van der Waals surface area contributed by atoms with Crippen molar-refractivity contribution in [2.45, 2.75) is 40.4 Å². The van der Waals surface area contributed by atoms with Gasteiger partial charge in [-0.1, -0.05) is 56.1 Å². The summed E-state index contributed by atoms with van der Waals surface area (Å²) in [5.74, 6) is -0.292. The first kappa shape index (κ1) is 25.7.